The van der Waals surface area contributed by atoms with Crippen molar-refractivity contribution in [3.05, 3.63) is 34.9 Å². The number of halogens is 2. The minimum absolute atomic E-state index is 0.165. The third-order valence-electron chi connectivity index (χ3n) is 3.22. The van der Waals surface area contributed by atoms with Crippen LogP contribution >= 0.6 is 0 Å². The molecule has 2 atom stereocenters. The van der Waals surface area contributed by atoms with Crippen LogP contribution in [-0.4, -0.2) is 19.3 Å². The summed E-state index contributed by atoms with van der Waals surface area (Å²) in [6.45, 7) is 8.60. The van der Waals surface area contributed by atoms with Crippen LogP contribution in [0.3, 0.4) is 0 Å². The summed E-state index contributed by atoms with van der Waals surface area (Å²) in [5.74, 6) is -1.55. The maximum absolute atomic E-state index is 14.1. The van der Waals surface area contributed by atoms with Crippen molar-refractivity contribution in [1.29, 1.82) is 0 Å². The molecule has 0 saturated heterocycles. The highest BCUT2D eigenvalue weighted by atomic mass is 19.2. The van der Waals surface area contributed by atoms with Gasteiger partial charge in [0.15, 0.2) is 11.6 Å². The quantitative estimate of drug-likeness (QED) is 0.815. The van der Waals surface area contributed by atoms with Crippen LogP contribution in [0.2, 0.25) is 0 Å². The predicted molar refractivity (Wildman–Crippen MR) is 73.2 cm³/mol. The number of benzene rings is 1. The van der Waals surface area contributed by atoms with Crippen LogP contribution in [-0.2, 0) is 4.74 Å². The second kappa shape index (κ2) is 7.56. The fourth-order valence-corrected chi connectivity index (χ4v) is 2.23. The van der Waals surface area contributed by atoms with E-state index in [2.05, 4.69) is 5.32 Å². The molecule has 0 heterocycles. The number of ether oxygens (including phenoxy) is 1. The molecule has 19 heavy (non-hydrogen) atoms. The zero-order valence-corrected chi connectivity index (χ0v) is 12.1. The summed E-state index contributed by atoms with van der Waals surface area (Å²) in [5.41, 5.74) is 0.659. The van der Waals surface area contributed by atoms with E-state index in [1.165, 1.54) is 0 Å². The first-order valence-corrected chi connectivity index (χ1v) is 6.86. The first-order valence-electron chi connectivity index (χ1n) is 6.86. The minimum Gasteiger partial charge on any atom is -0.377 e. The zero-order valence-electron chi connectivity index (χ0n) is 12.1. The summed E-state index contributed by atoms with van der Waals surface area (Å²) in [5, 5.41) is 3.19. The van der Waals surface area contributed by atoms with Crippen LogP contribution in [0, 0.1) is 18.6 Å². The van der Waals surface area contributed by atoms with Crippen LogP contribution in [0.4, 0.5) is 8.78 Å². The standard InChI is InChI=1S/C15H23F2NO/c1-5-12(19-7-3)15(18-6-2)11-9-8-10(4)13(16)14(11)17/h8-9,12,15,18H,5-7H2,1-4H3. The second-order valence-electron chi connectivity index (χ2n) is 4.54. The van der Waals surface area contributed by atoms with Gasteiger partial charge in [0.1, 0.15) is 0 Å². The Kier molecular flexibility index (Phi) is 6.38. The maximum atomic E-state index is 14.1. The Morgan fingerprint density at radius 2 is 1.84 bits per heavy atom. The molecule has 0 saturated carbocycles. The SMILES string of the molecule is CCNC(c1ccc(C)c(F)c1F)C(CC)OCC. The average molecular weight is 271 g/mol. The fourth-order valence-electron chi connectivity index (χ4n) is 2.23. The summed E-state index contributed by atoms with van der Waals surface area (Å²) in [6.07, 6.45) is 0.571. The van der Waals surface area contributed by atoms with Gasteiger partial charge in [-0.05, 0) is 32.4 Å². The highest BCUT2D eigenvalue weighted by Gasteiger charge is 2.26. The van der Waals surface area contributed by atoms with E-state index in [0.29, 0.717) is 24.3 Å². The molecule has 0 bridgehead atoms. The Morgan fingerprint density at radius 3 is 2.37 bits per heavy atom. The summed E-state index contributed by atoms with van der Waals surface area (Å²) >= 11 is 0. The number of likely N-dealkylation sites (N-methyl/N-ethyl adjacent to an activating group) is 1. The first-order chi connectivity index (χ1) is 9.06. The van der Waals surface area contributed by atoms with Gasteiger partial charge >= 0.3 is 0 Å². The largest absolute Gasteiger partial charge is 0.377 e. The Morgan fingerprint density at radius 1 is 1.16 bits per heavy atom. The number of rotatable bonds is 7. The Balaban J connectivity index is 3.14. The molecule has 0 aliphatic heterocycles. The van der Waals surface area contributed by atoms with Gasteiger partial charge in [0.25, 0.3) is 0 Å². The molecule has 1 N–H and O–H groups in total. The molecule has 1 rings (SSSR count). The summed E-state index contributed by atoms with van der Waals surface area (Å²) < 4.78 is 33.4. The fraction of sp³-hybridized carbons (Fsp3) is 0.600. The van der Waals surface area contributed by atoms with E-state index >= 15 is 0 Å². The third-order valence-corrected chi connectivity index (χ3v) is 3.22. The maximum Gasteiger partial charge on any atom is 0.163 e. The second-order valence-corrected chi connectivity index (χ2v) is 4.54. The van der Waals surface area contributed by atoms with Gasteiger partial charge in [-0.2, -0.15) is 0 Å². The lowest BCUT2D eigenvalue weighted by Gasteiger charge is -2.27. The number of aryl methyl sites for hydroxylation is 1. The van der Waals surface area contributed by atoms with Gasteiger partial charge in [0.2, 0.25) is 0 Å². The molecule has 0 radical (unpaired) electrons. The van der Waals surface area contributed by atoms with Gasteiger partial charge in [0.05, 0.1) is 12.1 Å². The Bertz CT molecular complexity index is 409. The van der Waals surface area contributed by atoms with Crippen LogP contribution in [0.5, 0.6) is 0 Å². The molecule has 0 aliphatic rings. The molecule has 2 nitrogen and oxygen atoms in total. The number of nitrogens with one attached hydrogen (secondary N) is 1. The molecule has 4 heteroatoms. The Labute approximate surface area is 114 Å². The molecule has 0 amide bonds. The molecule has 0 spiro atoms. The lowest BCUT2D eigenvalue weighted by molar-refractivity contribution is 0.0307. The normalized spacial score (nSPS) is 14.4. The Hall–Kier alpha value is -1.00. The van der Waals surface area contributed by atoms with Crippen LogP contribution in [0.15, 0.2) is 12.1 Å². The van der Waals surface area contributed by atoms with Crippen molar-refractivity contribution in [2.45, 2.75) is 46.3 Å². The minimum atomic E-state index is -0.774. The van der Waals surface area contributed by atoms with Crippen molar-refractivity contribution in [2.75, 3.05) is 13.2 Å². The third kappa shape index (κ3) is 3.74. The van der Waals surface area contributed by atoms with E-state index in [4.69, 9.17) is 4.74 Å². The van der Waals surface area contributed by atoms with E-state index in [0.717, 1.165) is 6.42 Å². The number of hydrogen-bond donors (Lipinski definition) is 1. The lowest BCUT2D eigenvalue weighted by atomic mass is 9.97. The van der Waals surface area contributed by atoms with Crippen LogP contribution in [0.25, 0.3) is 0 Å². The summed E-state index contributed by atoms with van der Waals surface area (Å²) in [6, 6.07) is 2.92. The van der Waals surface area contributed by atoms with Crippen LogP contribution in [0.1, 0.15) is 44.4 Å². The van der Waals surface area contributed by atoms with Gasteiger partial charge in [-0.3, -0.25) is 0 Å². The molecular weight excluding hydrogens is 248 g/mol. The smallest absolute Gasteiger partial charge is 0.163 e. The summed E-state index contributed by atoms with van der Waals surface area (Å²) in [7, 11) is 0. The van der Waals surface area contributed by atoms with E-state index in [1.807, 2.05) is 20.8 Å². The lowest BCUT2D eigenvalue weighted by Crippen LogP contribution is -2.34. The topological polar surface area (TPSA) is 21.3 Å². The predicted octanol–water partition coefficient (Wildman–Crippen LogP) is 3.74. The van der Waals surface area contributed by atoms with E-state index in [1.54, 1.807) is 19.1 Å². The first kappa shape index (κ1) is 16.1. The van der Waals surface area contributed by atoms with Crippen molar-refractivity contribution in [3.63, 3.8) is 0 Å². The van der Waals surface area contributed by atoms with E-state index < -0.39 is 11.6 Å². The van der Waals surface area contributed by atoms with Crippen molar-refractivity contribution in [1.82, 2.24) is 5.32 Å². The molecule has 2 unspecified atom stereocenters. The van der Waals surface area contributed by atoms with Gasteiger partial charge < -0.3 is 10.1 Å². The van der Waals surface area contributed by atoms with Crippen LogP contribution < -0.4 is 5.32 Å². The van der Waals surface area contributed by atoms with Gasteiger partial charge in [-0.15, -0.1) is 0 Å². The van der Waals surface area contributed by atoms with Crippen molar-refractivity contribution in [2.24, 2.45) is 0 Å². The van der Waals surface area contributed by atoms with Gasteiger partial charge in [0, 0.05) is 12.2 Å². The average Bonchev–Trinajstić information content (AvgIpc) is 2.41. The molecule has 1 aromatic carbocycles. The molecular formula is C15H23F2NO. The van der Waals surface area contributed by atoms with E-state index in [9.17, 15) is 8.78 Å². The molecule has 0 fully saturated rings. The van der Waals surface area contributed by atoms with Crippen molar-refractivity contribution < 1.29 is 13.5 Å². The molecule has 108 valence electrons. The number of hydrogen-bond acceptors (Lipinski definition) is 2. The molecule has 1 aromatic rings. The monoisotopic (exact) mass is 271 g/mol. The van der Waals surface area contributed by atoms with Gasteiger partial charge in [-0.25, -0.2) is 8.78 Å². The molecule has 0 aliphatic carbocycles. The highest BCUT2D eigenvalue weighted by molar-refractivity contribution is 5.28. The molecule has 0 aromatic heterocycles. The zero-order chi connectivity index (χ0) is 14.4. The van der Waals surface area contributed by atoms with Crippen molar-refractivity contribution >= 4 is 0 Å². The van der Waals surface area contributed by atoms with E-state index in [-0.39, 0.29) is 12.1 Å². The van der Waals surface area contributed by atoms with Crippen molar-refractivity contribution in [3.8, 4) is 0 Å². The van der Waals surface area contributed by atoms with Gasteiger partial charge in [-0.1, -0.05) is 26.0 Å². The highest BCUT2D eigenvalue weighted by Crippen LogP contribution is 2.27. The summed E-state index contributed by atoms with van der Waals surface area (Å²) in [4.78, 5) is 0.